The highest BCUT2D eigenvalue weighted by atomic mass is 35.5. The number of hydrogen-bond donors (Lipinski definition) is 1. The molecule has 1 aliphatic rings. The van der Waals surface area contributed by atoms with Crippen molar-refractivity contribution in [2.45, 2.75) is 18.8 Å². The molecule has 0 aliphatic heterocycles. The van der Waals surface area contributed by atoms with Gasteiger partial charge in [0.05, 0.1) is 11.6 Å². The monoisotopic (exact) mass is 214 g/mol. The van der Waals surface area contributed by atoms with Crippen molar-refractivity contribution in [3.05, 3.63) is 34.6 Å². The van der Waals surface area contributed by atoms with Crippen molar-refractivity contribution in [1.29, 1.82) is 0 Å². The Labute approximate surface area is 87.5 Å². The molecule has 1 aromatic rings. The Balaban J connectivity index is 2.38. The number of rotatable bonds is 2. The highest BCUT2D eigenvalue weighted by Gasteiger charge is 2.51. The van der Waals surface area contributed by atoms with Gasteiger partial charge in [-0.15, -0.1) is 0 Å². The van der Waals surface area contributed by atoms with Crippen LogP contribution in [0.3, 0.4) is 0 Å². The minimum atomic E-state index is -0.406. The molecule has 2 atom stereocenters. The fourth-order valence-electron chi connectivity index (χ4n) is 2.01. The summed E-state index contributed by atoms with van der Waals surface area (Å²) in [5.74, 6) is 0.0471. The first-order valence-corrected chi connectivity index (χ1v) is 5.04. The number of aliphatic hydroxyl groups excluding tert-OH is 1. The second-order valence-electron chi connectivity index (χ2n) is 4.05. The van der Waals surface area contributed by atoms with Crippen molar-refractivity contribution < 1.29 is 9.50 Å². The molecule has 0 spiro atoms. The molecule has 1 saturated carbocycles. The lowest BCUT2D eigenvalue weighted by atomic mass is 9.94. The standard InChI is InChI=1S/C11H12ClFO/c1-7-5-11(7,6-14)8-2-3-10(13)9(12)4-8/h2-4,7,14H,5-6H2,1H3. The molecule has 1 N–H and O–H groups in total. The predicted octanol–water partition coefficient (Wildman–Crippen LogP) is 2.75. The quantitative estimate of drug-likeness (QED) is 0.803. The topological polar surface area (TPSA) is 20.2 Å². The summed E-state index contributed by atoms with van der Waals surface area (Å²) in [6, 6.07) is 4.69. The number of aliphatic hydroxyl groups is 1. The molecular weight excluding hydrogens is 203 g/mol. The van der Waals surface area contributed by atoms with Crippen LogP contribution in [0.5, 0.6) is 0 Å². The molecule has 0 saturated heterocycles. The van der Waals surface area contributed by atoms with E-state index in [0.717, 1.165) is 12.0 Å². The van der Waals surface area contributed by atoms with Gasteiger partial charge in [0.2, 0.25) is 0 Å². The van der Waals surface area contributed by atoms with Gasteiger partial charge in [0.15, 0.2) is 0 Å². The fourth-order valence-corrected chi connectivity index (χ4v) is 2.19. The van der Waals surface area contributed by atoms with E-state index in [-0.39, 0.29) is 17.0 Å². The van der Waals surface area contributed by atoms with Gasteiger partial charge in [0.25, 0.3) is 0 Å². The first-order valence-electron chi connectivity index (χ1n) is 4.66. The summed E-state index contributed by atoms with van der Waals surface area (Å²) >= 11 is 5.70. The molecule has 0 aromatic heterocycles. The van der Waals surface area contributed by atoms with Crippen molar-refractivity contribution in [3.8, 4) is 0 Å². The zero-order valence-corrected chi connectivity index (χ0v) is 8.68. The van der Waals surface area contributed by atoms with Crippen molar-refractivity contribution in [2.75, 3.05) is 6.61 Å². The summed E-state index contributed by atoms with van der Waals surface area (Å²) in [5, 5.41) is 9.44. The number of halogens is 2. The van der Waals surface area contributed by atoms with Crippen LogP contribution in [0, 0.1) is 11.7 Å². The summed E-state index contributed by atoms with van der Waals surface area (Å²) in [6.45, 7) is 2.18. The van der Waals surface area contributed by atoms with Gasteiger partial charge in [-0.25, -0.2) is 4.39 Å². The average Bonchev–Trinajstić information content (AvgIpc) is 2.83. The molecule has 0 radical (unpaired) electrons. The van der Waals surface area contributed by atoms with E-state index in [0.29, 0.717) is 5.92 Å². The van der Waals surface area contributed by atoms with Crippen LogP contribution in [0.25, 0.3) is 0 Å². The normalized spacial score (nSPS) is 30.4. The van der Waals surface area contributed by atoms with Crippen LogP contribution in [-0.4, -0.2) is 11.7 Å². The molecule has 0 bridgehead atoms. The van der Waals surface area contributed by atoms with Gasteiger partial charge in [0, 0.05) is 5.41 Å². The predicted molar refractivity (Wildman–Crippen MR) is 54.0 cm³/mol. The van der Waals surface area contributed by atoms with Crippen molar-refractivity contribution in [1.82, 2.24) is 0 Å². The van der Waals surface area contributed by atoms with Gasteiger partial charge < -0.3 is 5.11 Å². The maximum Gasteiger partial charge on any atom is 0.141 e. The second-order valence-corrected chi connectivity index (χ2v) is 4.46. The Morgan fingerprint density at radius 3 is 2.71 bits per heavy atom. The lowest BCUT2D eigenvalue weighted by Crippen LogP contribution is -2.14. The van der Waals surface area contributed by atoms with E-state index in [1.54, 1.807) is 12.1 Å². The molecule has 2 rings (SSSR count). The summed E-state index contributed by atoms with van der Waals surface area (Å²) in [5.41, 5.74) is 0.774. The fraction of sp³-hybridized carbons (Fsp3) is 0.455. The smallest absolute Gasteiger partial charge is 0.141 e. The van der Waals surface area contributed by atoms with Gasteiger partial charge in [-0.1, -0.05) is 24.6 Å². The van der Waals surface area contributed by atoms with E-state index in [9.17, 15) is 9.50 Å². The molecule has 2 unspecified atom stereocenters. The Kier molecular flexibility index (Phi) is 2.28. The van der Waals surface area contributed by atoms with Crippen molar-refractivity contribution >= 4 is 11.6 Å². The van der Waals surface area contributed by atoms with Crippen LogP contribution >= 0.6 is 11.6 Å². The highest BCUT2D eigenvalue weighted by molar-refractivity contribution is 6.30. The van der Waals surface area contributed by atoms with Gasteiger partial charge in [0.1, 0.15) is 5.82 Å². The van der Waals surface area contributed by atoms with E-state index in [1.807, 2.05) is 0 Å². The Hall–Kier alpha value is -0.600. The number of benzene rings is 1. The Morgan fingerprint density at radius 2 is 2.29 bits per heavy atom. The molecule has 76 valence electrons. The van der Waals surface area contributed by atoms with Crippen molar-refractivity contribution in [2.24, 2.45) is 5.92 Å². The largest absolute Gasteiger partial charge is 0.395 e. The maximum atomic E-state index is 12.9. The third kappa shape index (κ3) is 1.33. The second kappa shape index (κ2) is 3.21. The van der Waals surface area contributed by atoms with Crippen LogP contribution in [0.4, 0.5) is 4.39 Å². The Bertz CT molecular complexity index is 362. The maximum absolute atomic E-state index is 12.9. The lowest BCUT2D eigenvalue weighted by Gasteiger charge is -2.14. The highest BCUT2D eigenvalue weighted by Crippen LogP contribution is 2.53. The zero-order chi connectivity index (χ0) is 10.3. The van der Waals surface area contributed by atoms with Crippen LogP contribution in [-0.2, 0) is 5.41 Å². The molecule has 0 amide bonds. The molecule has 1 fully saturated rings. The lowest BCUT2D eigenvalue weighted by molar-refractivity contribution is 0.247. The SMILES string of the molecule is CC1CC1(CO)c1ccc(F)c(Cl)c1. The van der Waals surface area contributed by atoms with Gasteiger partial charge in [-0.05, 0) is 30.0 Å². The molecule has 1 nitrogen and oxygen atoms in total. The van der Waals surface area contributed by atoms with Crippen LogP contribution in [0.2, 0.25) is 5.02 Å². The van der Waals surface area contributed by atoms with Gasteiger partial charge in [-0.2, -0.15) is 0 Å². The third-order valence-corrected chi connectivity index (χ3v) is 3.52. The summed E-state index contributed by atoms with van der Waals surface area (Å²) in [7, 11) is 0. The van der Waals surface area contributed by atoms with E-state index >= 15 is 0 Å². The van der Waals surface area contributed by atoms with E-state index in [1.165, 1.54) is 6.07 Å². The molecular formula is C11H12ClFO. The Morgan fingerprint density at radius 1 is 1.64 bits per heavy atom. The van der Waals surface area contributed by atoms with Gasteiger partial charge >= 0.3 is 0 Å². The number of hydrogen-bond acceptors (Lipinski definition) is 1. The molecule has 14 heavy (non-hydrogen) atoms. The summed E-state index contributed by atoms with van der Waals surface area (Å²) in [4.78, 5) is 0. The minimum Gasteiger partial charge on any atom is -0.395 e. The first-order chi connectivity index (χ1) is 6.60. The molecule has 0 heterocycles. The van der Waals surface area contributed by atoms with Crippen LogP contribution in [0.15, 0.2) is 18.2 Å². The zero-order valence-electron chi connectivity index (χ0n) is 7.93. The minimum absolute atomic E-state index is 0.107. The third-order valence-electron chi connectivity index (χ3n) is 3.23. The van der Waals surface area contributed by atoms with E-state index in [2.05, 4.69) is 6.92 Å². The molecule has 3 heteroatoms. The van der Waals surface area contributed by atoms with E-state index < -0.39 is 5.82 Å². The van der Waals surface area contributed by atoms with E-state index in [4.69, 9.17) is 11.6 Å². The summed E-state index contributed by atoms with van der Waals surface area (Å²) in [6.07, 6.45) is 0.950. The first kappa shape index (κ1) is 9.94. The molecule has 1 aromatic carbocycles. The van der Waals surface area contributed by atoms with Crippen LogP contribution in [0.1, 0.15) is 18.9 Å². The van der Waals surface area contributed by atoms with Crippen LogP contribution < -0.4 is 0 Å². The summed E-state index contributed by atoms with van der Waals surface area (Å²) < 4.78 is 12.9. The molecule has 1 aliphatic carbocycles. The van der Waals surface area contributed by atoms with Crippen molar-refractivity contribution in [3.63, 3.8) is 0 Å². The van der Waals surface area contributed by atoms with Gasteiger partial charge in [-0.3, -0.25) is 0 Å². The average molecular weight is 215 g/mol.